The zero-order valence-corrected chi connectivity index (χ0v) is 12.8. The van der Waals surface area contributed by atoms with Crippen molar-refractivity contribution in [1.82, 2.24) is 5.43 Å². The fraction of sp³-hybridized carbons (Fsp3) is 0.529. The van der Waals surface area contributed by atoms with E-state index in [0.29, 0.717) is 12.2 Å². The molecule has 3 rings (SSSR count). The number of nitrogens with one attached hydrogen (secondary N) is 1. The Bertz CT molecular complexity index is 575. The second-order valence-electron chi connectivity index (χ2n) is 6.85. The molecular formula is C17H22N2O2. The van der Waals surface area contributed by atoms with Crippen LogP contribution in [0.15, 0.2) is 29.4 Å². The molecule has 0 radical (unpaired) electrons. The van der Waals surface area contributed by atoms with Crippen LogP contribution in [0.3, 0.4) is 0 Å². The van der Waals surface area contributed by atoms with E-state index in [2.05, 4.69) is 24.4 Å². The number of hydrogen-bond acceptors (Lipinski definition) is 4. The molecule has 1 aliphatic heterocycles. The summed E-state index contributed by atoms with van der Waals surface area (Å²) >= 11 is 0. The van der Waals surface area contributed by atoms with Crippen LogP contribution in [0.5, 0.6) is 5.75 Å². The monoisotopic (exact) mass is 286 g/mol. The molecular weight excluding hydrogens is 264 g/mol. The molecule has 2 atom stereocenters. The summed E-state index contributed by atoms with van der Waals surface area (Å²) in [6.45, 7) is 4.31. The molecule has 1 aromatic carbocycles. The van der Waals surface area contributed by atoms with Gasteiger partial charge in [-0.25, -0.2) is 0 Å². The Morgan fingerprint density at radius 3 is 2.71 bits per heavy atom. The maximum absolute atomic E-state index is 12.5. The highest BCUT2D eigenvalue weighted by atomic mass is 16.5. The van der Waals surface area contributed by atoms with Crippen molar-refractivity contribution in [2.45, 2.75) is 39.2 Å². The first kappa shape index (κ1) is 14.1. The smallest absolute Gasteiger partial charge is 0.144 e. The maximum Gasteiger partial charge on any atom is 0.144 e. The van der Waals surface area contributed by atoms with Crippen LogP contribution in [0.1, 0.15) is 32.3 Å². The van der Waals surface area contributed by atoms with Gasteiger partial charge in [0.2, 0.25) is 0 Å². The Morgan fingerprint density at radius 2 is 2.05 bits per heavy atom. The lowest BCUT2D eigenvalue weighted by Crippen LogP contribution is -2.45. The Balaban J connectivity index is 1.73. The molecule has 2 aliphatic rings. The highest BCUT2D eigenvalue weighted by molar-refractivity contribution is 6.08. The molecule has 0 amide bonds. The minimum absolute atomic E-state index is 0.0415. The molecule has 0 unspecified atom stereocenters. The van der Waals surface area contributed by atoms with Crippen molar-refractivity contribution >= 4 is 11.5 Å². The van der Waals surface area contributed by atoms with Crippen LogP contribution in [-0.4, -0.2) is 24.6 Å². The number of ether oxygens (including phenoxy) is 1. The maximum atomic E-state index is 12.5. The largest absolute Gasteiger partial charge is 0.497 e. The summed E-state index contributed by atoms with van der Waals surface area (Å²) in [6.07, 6.45) is 2.38. The molecule has 1 N–H and O–H groups in total. The molecule has 112 valence electrons. The molecule has 0 spiro atoms. The second kappa shape index (κ2) is 5.17. The number of nitrogens with zero attached hydrogens (tertiary/aromatic N) is 1. The standard InChI is InChI=1S/C17H22N2O2/c1-17(2)9-14-16(15(20)10-17)13(18-19-14)8-11-4-6-12(21-3)7-5-11/h4-7,14,16,19H,8-10H2,1-3H3/t14-,16-/m1/s1. The number of benzene rings is 1. The average molecular weight is 286 g/mol. The van der Waals surface area contributed by atoms with Gasteiger partial charge >= 0.3 is 0 Å². The van der Waals surface area contributed by atoms with Gasteiger partial charge in [-0.1, -0.05) is 26.0 Å². The number of Topliss-reactive ketones (excluding diaryl/α,β-unsaturated/α-hetero) is 1. The topological polar surface area (TPSA) is 50.7 Å². The molecule has 21 heavy (non-hydrogen) atoms. The van der Waals surface area contributed by atoms with Crippen molar-refractivity contribution in [3.05, 3.63) is 29.8 Å². The van der Waals surface area contributed by atoms with Crippen molar-refractivity contribution in [2.24, 2.45) is 16.4 Å². The first-order valence-electron chi connectivity index (χ1n) is 7.46. The van der Waals surface area contributed by atoms with Gasteiger partial charge in [-0.3, -0.25) is 4.79 Å². The van der Waals surface area contributed by atoms with Crippen LogP contribution in [0.4, 0.5) is 0 Å². The van der Waals surface area contributed by atoms with E-state index in [1.807, 2.05) is 24.3 Å². The van der Waals surface area contributed by atoms with Crippen LogP contribution in [0.2, 0.25) is 0 Å². The van der Waals surface area contributed by atoms with Gasteiger partial charge in [0.15, 0.2) is 0 Å². The van der Waals surface area contributed by atoms with Gasteiger partial charge < -0.3 is 10.2 Å². The lowest BCUT2D eigenvalue weighted by molar-refractivity contribution is -0.126. The van der Waals surface area contributed by atoms with Gasteiger partial charge in [-0.15, -0.1) is 0 Å². The second-order valence-corrected chi connectivity index (χ2v) is 6.85. The van der Waals surface area contributed by atoms with Crippen LogP contribution >= 0.6 is 0 Å². The molecule has 0 saturated heterocycles. The predicted molar refractivity (Wildman–Crippen MR) is 82.6 cm³/mol. The molecule has 0 aromatic heterocycles. The van der Waals surface area contributed by atoms with Crippen molar-refractivity contribution in [3.63, 3.8) is 0 Å². The fourth-order valence-corrected chi connectivity index (χ4v) is 3.47. The highest BCUT2D eigenvalue weighted by Crippen LogP contribution is 2.39. The van der Waals surface area contributed by atoms with Gasteiger partial charge in [-0.05, 0) is 29.5 Å². The van der Waals surface area contributed by atoms with E-state index >= 15 is 0 Å². The molecule has 4 heteroatoms. The predicted octanol–water partition coefficient (Wildman–Crippen LogP) is 2.57. The normalized spacial score (nSPS) is 26.8. The molecule has 1 aromatic rings. The number of ketones is 1. The lowest BCUT2D eigenvalue weighted by Gasteiger charge is -2.36. The van der Waals surface area contributed by atoms with E-state index in [1.54, 1.807) is 7.11 Å². The van der Waals surface area contributed by atoms with Crippen LogP contribution in [-0.2, 0) is 11.2 Å². The van der Waals surface area contributed by atoms with E-state index in [4.69, 9.17) is 4.74 Å². The van der Waals surface area contributed by atoms with Crippen LogP contribution in [0.25, 0.3) is 0 Å². The van der Waals surface area contributed by atoms with Crippen molar-refractivity contribution in [2.75, 3.05) is 7.11 Å². The first-order valence-corrected chi connectivity index (χ1v) is 7.46. The Morgan fingerprint density at radius 1 is 1.33 bits per heavy atom. The van der Waals surface area contributed by atoms with Crippen LogP contribution < -0.4 is 10.2 Å². The third-order valence-corrected chi connectivity index (χ3v) is 4.45. The molecule has 1 heterocycles. The Hall–Kier alpha value is -1.84. The molecule has 1 saturated carbocycles. The summed E-state index contributed by atoms with van der Waals surface area (Å²) in [5.74, 6) is 1.13. The molecule has 1 aliphatic carbocycles. The number of fused-ring (bicyclic) bond motifs is 1. The fourth-order valence-electron chi connectivity index (χ4n) is 3.47. The average Bonchev–Trinajstić information content (AvgIpc) is 2.81. The molecule has 0 bridgehead atoms. The van der Waals surface area contributed by atoms with E-state index in [9.17, 15) is 4.79 Å². The van der Waals surface area contributed by atoms with Gasteiger partial charge in [0.1, 0.15) is 11.5 Å². The van der Waals surface area contributed by atoms with Gasteiger partial charge in [0.05, 0.1) is 24.8 Å². The minimum atomic E-state index is -0.0415. The number of hydrazone groups is 1. The van der Waals surface area contributed by atoms with E-state index < -0.39 is 0 Å². The third kappa shape index (κ3) is 2.80. The highest BCUT2D eigenvalue weighted by Gasteiger charge is 2.45. The number of rotatable bonds is 3. The van der Waals surface area contributed by atoms with Gasteiger partial charge in [0.25, 0.3) is 0 Å². The Labute approximate surface area is 125 Å². The van der Waals surface area contributed by atoms with E-state index in [0.717, 1.165) is 29.9 Å². The quantitative estimate of drug-likeness (QED) is 0.929. The van der Waals surface area contributed by atoms with E-state index in [1.165, 1.54) is 0 Å². The zero-order valence-electron chi connectivity index (χ0n) is 12.8. The summed E-state index contributed by atoms with van der Waals surface area (Å²) in [5.41, 5.74) is 5.40. The summed E-state index contributed by atoms with van der Waals surface area (Å²) < 4.78 is 5.17. The molecule has 1 fully saturated rings. The number of hydrogen-bond donors (Lipinski definition) is 1. The number of methoxy groups -OCH3 is 1. The Kier molecular flexibility index (Phi) is 3.47. The first-order chi connectivity index (χ1) is 9.98. The third-order valence-electron chi connectivity index (χ3n) is 4.45. The zero-order chi connectivity index (χ0) is 15.0. The van der Waals surface area contributed by atoms with Crippen LogP contribution in [0, 0.1) is 11.3 Å². The van der Waals surface area contributed by atoms with Gasteiger partial charge in [-0.2, -0.15) is 5.10 Å². The summed E-state index contributed by atoms with van der Waals surface area (Å²) in [4.78, 5) is 12.5. The van der Waals surface area contributed by atoms with Crippen molar-refractivity contribution < 1.29 is 9.53 Å². The molecule has 4 nitrogen and oxygen atoms in total. The number of carbonyl (C=O) groups excluding carboxylic acids is 1. The summed E-state index contributed by atoms with van der Waals surface area (Å²) in [6, 6.07) is 8.13. The minimum Gasteiger partial charge on any atom is -0.497 e. The number of carbonyl (C=O) groups is 1. The lowest BCUT2D eigenvalue weighted by atomic mass is 9.68. The van der Waals surface area contributed by atoms with E-state index in [-0.39, 0.29) is 17.4 Å². The van der Waals surface area contributed by atoms with Gasteiger partial charge in [0, 0.05) is 12.8 Å². The SMILES string of the molecule is COc1ccc(CC2=NN[C@@H]3CC(C)(C)CC(=O)[C@H]23)cc1. The summed E-state index contributed by atoms with van der Waals surface area (Å²) in [7, 11) is 1.66. The van der Waals surface area contributed by atoms with Crippen molar-refractivity contribution in [3.8, 4) is 5.75 Å². The van der Waals surface area contributed by atoms with Crippen molar-refractivity contribution in [1.29, 1.82) is 0 Å². The summed E-state index contributed by atoms with van der Waals surface area (Å²) in [5, 5.41) is 4.45.